The molecule has 0 radical (unpaired) electrons. The summed E-state index contributed by atoms with van der Waals surface area (Å²) < 4.78 is 17.3. The lowest BCUT2D eigenvalue weighted by atomic mass is 10.2. The minimum atomic E-state index is 0.0500. The van der Waals surface area contributed by atoms with Crippen LogP contribution in [0.25, 0.3) is 0 Å². The topological polar surface area (TPSA) is 27.7 Å². The fourth-order valence-electron chi connectivity index (χ4n) is 2.31. The Morgan fingerprint density at radius 1 is 0.652 bits per heavy atom. The smallest absolute Gasteiger partial charge is 0.0785 e. The van der Waals surface area contributed by atoms with Gasteiger partial charge in [0.2, 0.25) is 0 Å². The zero-order valence-electron chi connectivity index (χ0n) is 14.0. The van der Waals surface area contributed by atoms with Gasteiger partial charge in [-0.05, 0) is 25.0 Å². The highest BCUT2D eigenvalue weighted by Crippen LogP contribution is 2.06. The molecule has 3 heteroatoms. The van der Waals surface area contributed by atoms with Gasteiger partial charge in [-0.25, -0.2) is 0 Å². The number of rotatable bonds is 10. The van der Waals surface area contributed by atoms with Crippen molar-refractivity contribution in [2.45, 2.75) is 39.3 Å². The van der Waals surface area contributed by atoms with Gasteiger partial charge >= 0.3 is 0 Å². The van der Waals surface area contributed by atoms with Crippen molar-refractivity contribution < 1.29 is 14.2 Å². The summed E-state index contributed by atoms with van der Waals surface area (Å²) in [4.78, 5) is 0. The monoisotopic (exact) mass is 314 g/mol. The number of hydrogen-bond donors (Lipinski definition) is 0. The van der Waals surface area contributed by atoms with Crippen molar-refractivity contribution in [2.75, 3.05) is 13.2 Å². The lowest BCUT2D eigenvalue weighted by Crippen LogP contribution is -2.25. The third kappa shape index (κ3) is 7.42. The summed E-state index contributed by atoms with van der Waals surface area (Å²) in [5.74, 6) is 0. The molecule has 2 aromatic rings. The van der Waals surface area contributed by atoms with E-state index in [1.807, 2.05) is 50.2 Å². The van der Waals surface area contributed by atoms with Crippen LogP contribution in [0.15, 0.2) is 60.7 Å². The maximum Gasteiger partial charge on any atom is 0.0785 e. The van der Waals surface area contributed by atoms with Crippen LogP contribution in [-0.4, -0.2) is 25.4 Å². The van der Waals surface area contributed by atoms with Gasteiger partial charge in [0, 0.05) is 0 Å². The quantitative estimate of drug-likeness (QED) is 0.657. The Bertz CT molecular complexity index is 478. The standard InChI is InChI=1S/C20H26O3/c1-17(13-21-15-19-9-5-3-6-10-19)23-18(2)14-22-16-20-11-7-4-8-12-20/h3-12,17-18H,13-16H2,1-2H3/t17-,18-/m0/s1. The van der Waals surface area contributed by atoms with Gasteiger partial charge in [0.05, 0.1) is 38.6 Å². The van der Waals surface area contributed by atoms with Crippen molar-refractivity contribution in [2.24, 2.45) is 0 Å². The summed E-state index contributed by atoms with van der Waals surface area (Å²) in [7, 11) is 0. The lowest BCUT2D eigenvalue weighted by molar-refractivity contribution is -0.0754. The lowest BCUT2D eigenvalue weighted by Gasteiger charge is -2.19. The molecule has 3 nitrogen and oxygen atoms in total. The molecule has 0 heterocycles. The van der Waals surface area contributed by atoms with Crippen molar-refractivity contribution in [3.8, 4) is 0 Å². The number of hydrogen-bond acceptors (Lipinski definition) is 3. The largest absolute Gasteiger partial charge is 0.374 e. The second-order valence-electron chi connectivity index (χ2n) is 5.76. The first-order valence-electron chi connectivity index (χ1n) is 8.13. The highest BCUT2D eigenvalue weighted by Gasteiger charge is 2.09. The predicted molar refractivity (Wildman–Crippen MR) is 92.2 cm³/mol. The fraction of sp³-hybridized carbons (Fsp3) is 0.400. The summed E-state index contributed by atoms with van der Waals surface area (Å²) in [5.41, 5.74) is 2.36. The minimum Gasteiger partial charge on any atom is -0.374 e. The van der Waals surface area contributed by atoms with E-state index in [9.17, 15) is 0 Å². The first kappa shape index (κ1) is 17.7. The second kappa shape index (κ2) is 10.2. The van der Waals surface area contributed by atoms with Crippen molar-refractivity contribution in [3.05, 3.63) is 71.8 Å². The van der Waals surface area contributed by atoms with Gasteiger partial charge in [0.1, 0.15) is 0 Å². The zero-order chi connectivity index (χ0) is 16.3. The predicted octanol–water partition coefficient (Wildman–Crippen LogP) is 4.21. The summed E-state index contributed by atoms with van der Waals surface area (Å²) in [6.45, 7) is 6.45. The molecule has 0 aliphatic rings. The Morgan fingerprint density at radius 3 is 1.43 bits per heavy atom. The summed E-state index contributed by atoms with van der Waals surface area (Å²) in [6, 6.07) is 20.3. The third-order valence-electron chi connectivity index (χ3n) is 3.39. The van der Waals surface area contributed by atoms with Crippen LogP contribution in [0.3, 0.4) is 0 Å². The van der Waals surface area contributed by atoms with Gasteiger partial charge in [-0.3, -0.25) is 0 Å². The minimum absolute atomic E-state index is 0.0500. The average molecular weight is 314 g/mol. The molecule has 0 saturated heterocycles. The van der Waals surface area contributed by atoms with E-state index in [0.717, 1.165) is 0 Å². The van der Waals surface area contributed by atoms with E-state index in [1.54, 1.807) is 0 Å². The maximum absolute atomic E-state index is 5.88. The summed E-state index contributed by atoms with van der Waals surface area (Å²) >= 11 is 0. The van der Waals surface area contributed by atoms with Crippen molar-refractivity contribution in [3.63, 3.8) is 0 Å². The molecule has 2 aromatic carbocycles. The van der Waals surface area contributed by atoms with Gasteiger partial charge in [-0.1, -0.05) is 60.7 Å². The molecule has 0 saturated carbocycles. The SMILES string of the molecule is C[C@@H](COCc1ccccc1)O[C@@H](C)COCc1ccccc1. The molecule has 0 unspecified atom stereocenters. The normalized spacial score (nSPS) is 13.7. The van der Waals surface area contributed by atoms with Crippen LogP contribution in [0.4, 0.5) is 0 Å². The van der Waals surface area contributed by atoms with E-state index in [1.165, 1.54) is 11.1 Å². The van der Waals surface area contributed by atoms with E-state index in [4.69, 9.17) is 14.2 Å². The van der Waals surface area contributed by atoms with E-state index in [-0.39, 0.29) is 12.2 Å². The Balaban J connectivity index is 1.56. The van der Waals surface area contributed by atoms with E-state index in [2.05, 4.69) is 24.3 Å². The molecule has 0 spiro atoms. The highest BCUT2D eigenvalue weighted by molar-refractivity contribution is 5.14. The molecule has 0 aromatic heterocycles. The van der Waals surface area contributed by atoms with Crippen LogP contribution in [0.1, 0.15) is 25.0 Å². The molecule has 0 fully saturated rings. The van der Waals surface area contributed by atoms with Crippen molar-refractivity contribution in [1.29, 1.82) is 0 Å². The fourth-order valence-corrected chi connectivity index (χ4v) is 2.31. The van der Waals surface area contributed by atoms with Gasteiger partial charge in [-0.2, -0.15) is 0 Å². The van der Waals surface area contributed by atoms with Gasteiger partial charge < -0.3 is 14.2 Å². The molecule has 0 bridgehead atoms. The molecular formula is C20H26O3. The molecule has 0 N–H and O–H groups in total. The van der Waals surface area contributed by atoms with Crippen LogP contribution >= 0.6 is 0 Å². The summed E-state index contributed by atoms with van der Waals surface area (Å²) in [6.07, 6.45) is 0.100. The second-order valence-corrected chi connectivity index (χ2v) is 5.76. The Morgan fingerprint density at radius 2 is 1.04 bits per heavy atom. The zero-order valence-corrected chi connectivity index (χ0v) is 14.0. The molecular weight excluding hydrogens is 288 g/mol. The molecule has 2 rings (SSSR count). The van der Waals surface area contributed by atoms with Crippen molar-refractivity contribution >= 4 is 0 Å². The van der Waals surface area contributed by atoms with Crippen LogP contribution in [0.5, 0.6) is 0 Å². The van der Waals surface area contributed by atoms with Crippen molar-refractivity contribution in [1.82, 2.24) is 0 Å². The van der Waals surface area contributed by atoms with E-state index < -0.39 is 0 Å². The summed E-state index contributed by atoms with van der Waals surface area (Å²) in [5, 5.41) is 0. The van der Waals surface area contributed by atoms with Gasteiger partial charge in [0.25, 0.3) is 0 Å². The van der Waals surface area contributed by atoms with E-state index in [0.29, 0.717) is 26.4 Å². The molecule has 0 aliphatic carbocycles. The van der Waals surface area contributed by atoms with E-state index >= 15 is 0 Å². The van der Waals surface area contributed by atoms with Gasteiger partial charge in [-0.15, -0.1) is 0 Å². The van der Waals surface area contributed by atoms with Crippen LogP contribution in [0.2, 0.25) is 0 Å². The van der Waals surface area contributed by atoms with Crippen LogP contribution < -0.4 is 0 Å². The first-order chi connectivity index (χ1) is 11.2. The molecule has 0 aliphatic heterocycles. The highest BCUT2D eigenvalue weighted by atomic mass is 16.6. The molecule has 2 atom stereocenters. The molecule has 0 amide bonds. The first-order valence-corrected chi connectivity index (χ1v) is 8.13. The molecule has 124 valence electrons. The van der Waals surface area contributed by atoms with Crippen LogP contribution in [0, 0.1) is 0 Å². The Hall–Kier alpha value is -1.68. The Kier molecular flexibility index (Phi) is 7.81. The third-order valence-corrected chi connectivity index (χ3v) is 3.39. The number of ether oxygens (including phenoxy) is 3. The average Bonchev–Trinajstić information content (AvgIpc) is 2.57. The Labute approximate surface area is 139 Å². The van der Waals surface area contributed by atoms with Crippen LogP contribution in [-0.2, 0) is 27.4 Å². The number of benzene rings is 2. The maximum atomic E-state index is 5.88. The van der Waals surface area contributed by atoms with Gasteiger partial charge in [0.15, 0.2) is 0 Å². The molecule has 23 heavy (non-hydrogen) atoms.